The minimum absolute atomic E-state index is 0.175. The van der Waals surface area contributed by atoms with Crippen LogP contribution in [0.25, 0.3) is 22.0 Å². The quantitative estimate of drug-likeness (QED) is 0.566. The van der Waals surface area contributed by atoms with Gasteiger partial charge in [-0.25, -0.2) is 4.98 Å². The van der Waals surface area contributed by atoms with Crippen LogP contribution in [0.5, 0.6) is 5.75 Å². The summed E-state index contributed by atoms with van der Waals surface area (Å²) in [6.45, 7) is 3.69. The van der Waals surface area contributed by atoms with Gasteiger partial charge in [0.05, 0.1) is 5.69 Å². The number of phenolic OH excluding ortho intramolecular Hbond substituents is 1. The largest absolute Gasteiger partial charge is 0.508 e. The Morgan fingerprint density at radius 3 is 2.57 bits per heavy atom. The second-order valence-electron chi connectivity index (χ2n) is 4.89. The Kier molecular flexibility index (Phi) is 3.40. The van der Waals surface area contributed by atoms with E-state index in [1.54, 1.807) is 36.4 Å². The molecule has 0 fully saturated rings. The fourth-order valence-corrected chi connectivity index (χ4v) is 2.33. The maximum atomic E-state index is 14.2. The molecular formula is C18H14FNO. The lowest BCUT2D eigenvalue weighted by atomic mass is 10.0. The van der Waals surface area contributed by atoms with Crippen LogP contribution in [0.4, 0.5) is 4.39 Å². The van der Waals surface area contributed by atoms with Crippen LogP contribution in [0.1, 0.15) is 5.56 Å². The van der Waals surface area contributed by atoms with Gasteiger partial charge in [0, 0.05) is 10.9 Å². The molecule has 21 heavy (non-hydrogen) atoms. The van der Waals surface area contributed by atoms with Crippen LogP contribution in [-0.2, 0) is 6.42 Å². The number of fused-ring (bicyclic) bond motifs is 1. The fourth-order valence-electron chi connectivity index (χ4n) is 2.33. The topological polar surface area (TPSA) is 33.1 Å². The van der Waals surface area contributed by atoms with Gasteiger partial charge in [0.2, 0.25) is 5.95 Å². The second-order valence-corrected chi connectivity index (χ2v) is 4.89. The minimum atomic E-state index is -0.485. The minimum Gasteiger partial charge on any atom is -0.508 e. The van der Waals surface area contributed by atoms with Crippen molar-refractivity contribution in [3.05, 3.63) is 72.7 Å². The number of hydrogen-bond donors (Lipinski definition) is 1. The zero-order chi connectivity index (χ0) is 14.8. The van der Waals surface area contributed by atoms with Crippen molar-refractivity contribution in [1.29, 1.82) is 0 Å². The van der Waals surface area contributed by atoms with E-state index in [4.69, 9.17) is 0 Å². The summed E-state index contributed by atoms with van der Waals surface area (Å²) in [6, 6.07) is 14.1. The van der Waals surface area contributed by atoms with Gasteiger partial charge < -0.3 is 5.11 Å². The number of benzene rings is 2. The Labute approximate surface area is 122 Å². The smallest absolute Gasteiger partial charge is 0.221 e. The molecule has 0 aliphatic rings. The average molecular weight is 279 g/mol. The first-order chi connectivity index (χ1) is 10.2. The highest BCUT2D eigenvalue weighted by molar-refractivity contribution is 5.86. The summed E-state index contributed by atoms with van der Waals surface area (Å²) in [7, 11) is 0. The van der Waals surface area contributed by atoms with Crippen LogP contribution in [0, 0.1) is 5.95 Å². The van der Waals surface area contributed by atoms with Gasteiger partial charge in [-0.15, -0.1) is 6.58 Å². The molecule has 0 spiro atoms. The standard InChI is InChI=1S/C18H14FNO/c1-2-3-12-4-5-14-11-17(20-18(19)16(14)10-12)13-6-8-15(21)9-7-13/h2,4-11,21H,1,3H2. The number of phenols is 1. The van der Waals surface area contributed by atoms with Crippen molar-refractivity contribution < 1.29 is 9.50 Å². The molecule has 0 saturated heterocycles. The SMILES string of the molecule is C=CCc1ccc2cc(-c3ccc(O)cc3)nc(F)c2c1. The van der Waals surface area contributed by atoms with Gasteiger partial charge in [0.25, 0.3) is 0 Å². The number of hydrogen-bond acceptors (Lipinski definition) is 2. The van der Waals surface area contributed by atoms with Crippen molar-refractivity contribution in [3.63, 3.8) is 0 Å². The molecule has 1 heterocycles. The van der Waals surface area contributed by atoms with Gasteiger partial charge in [0.15, 0.2) is 0 Å². The number of nitrogens with zero attached hydrogens (tertiary/aromatic N) is 1. The van der Waals surface area contributed by atoms with E-state index in [1.807, 2.05) is 18.2 Å². The van der Waals surface area contributed by atoms with Gasteiger partial charge in [-0.3, -0.25) is 0 Å². The zero-order valence-corrected chi connectivity index (χ0v) is 11.4. The monoisotopic (exact) mass is 279 g/mol. The van der Waals surface area contributed by atoms with Crippen molar-refractivity contribution in [2.45, 2.75) is 6.42 Å². The lowest BCUT2D eigenvalue weighted by Gasteiger charge is -2.06. The molecule has 3 aromatic rings. The van der Waals surface area contributed by atoms with Crippen molar-refractivity contribution in [1.82, 2.24) is 4.98 Å². The van der Waals surface area contributed by atoms with Gasteiger partial charge in [-0.05, 0) is 53.8 Å². The normalized spacial score (nSPS) is 10.7. The van der Waals surface area contributed by atoms with Crippen molar-refractivity contribution >= 4 is 10.8 Å². The second kappa shape index (κ2) is 5.37. The molecule has 0 aliphatic heterocycles. The maximum absolute atomic E-state index is 14.2. The summed E-state index contributed by atoms with van der Waals surface area (Å²) in [6.07, 6.45) is 2.49. The van der Waals surface area contributed by atoms with E-state index in [9.17, 15) is 9.50 Å². The third-order valence-corrected chi connectivity index (χ3v) is 3.39. The molecule has 0 saturated carbocycles. The van der Waals surface area contributed by atoms with Crippen LogP contribution < -0.4 is 0 Å². The molecular weight excluding hydrogens is 265 g/mol. The summed E-state index contributed by atoms with van der Waals surface area (Å²) in [5.74, 6) is -0.310. The Hall–Kier alpha value is -2.68. The first kappa shape index (κ1) is 13.3. The van der Waals surface area contributed by atoms with E-state index in [1.165, 1.54) is 0 Å². The van der Waals surface area contributed by atoms with Gasteiger partial charge in [-0.2, -0.15) is 4.39 Å². The Morgan fingerprint density at radius 1 is 1.10 bits per heavy atom. The molecule has 0 bridgehead atoms. The van der Waals surface area contributed by atoms with Crippen LogP contribution in [0.2, 0.25) is 0 Å². The molecule has 3 rings (SSSR count). The Bertz CT molecular complexity index is 809. The number of aromatic hydroxyl groups is 1. The van der Waals surface area contributed by atoms with Crippen LogP contribution in [0.3, 0.4) is 0 Å². The highest BCUT2D eigenvalue weighted by atomic mass is 19.1. The third-order valence-electron chi connectivity index (χ3n) is 3.39. The number of rotatable bonds is 3. The molecule has 0 amide bonds. The van der Waals surface area contributed by atoms with Crippen molar-refractivity contribution in [3.8, 4) is 17.0 Å². The summed E-state index contributed by atoms with van der Waals surface area (Å²) < 4.78 is 14.2. The molecule has 0 aliphatic carbocycles. The Balaban J connectivity index is 2.12. The van der Waals surface area contributed by atoms with E-state index < -0.39 is 5.95 Å². The Morgan fingerprint density at radius 2 is 1.86 bits per heavy atom. The van der Waals surface area contributed by atoms with Crippen molar-refractivity contribution in [2.75, 3.05) is 0 Å². The molecule has 1 N–H and O–H groups in total. The van der Waals surface area contributed by atoms with E-state index in [2.05, 4.69) is 11.6 Å². The van der Waals surface area contributed by atoms with E-state index >= 15 is 0 Å². The number of halogens is 1. The van der Waals surface area contributed by atoms with E-state index in [-0.39, 0.29) is 5.75 Å². The predicted octanol–water partition coefficient (Wildman–Crippen LogP) is 4.48. The number of pyridine rings is 1. The molecule has 3 heteroatoms. The summed E-state index contributed by atoms with van der Waals surface area (Å²) in [4.78, 5) is 4.03. The fraction of sp³-hybridized carbons (Fsp3) is 0.0556. The van der Waals surface area contributed by atoms with E-state index in [0.29, 0.717) is 17.5 Å². The number of allylic oxidation sites excluding steroid dienone is 1. The van der Waals surface area contributed by atoms with Gasteiger partial charge in [-0.1, -0.05) is 18.2 Å². The highest BCUT2D eigenvalue weighted by Crippen LogP contribution is 2.26. The van der Waals surface area contributed by atoms with Gasteiger partial charge >= 0.3 is 0 Å². The van der Waals surface area contributed by atoms with E-state index in [0.717, 1.165) is 16.5 Å². The first-order valence-electron chi connectivity index (χ1n) is 6.67. The molecule has 2 aromatic carbocycles. The molecule has 0 unspecified atom stereocenters. The molecule has 2 nitrogen and oxygen atoms in total. The van der Waals surface area contributed by atoms with Crippen LogP contribution >= 0.6 is 0 Å². The van der Waals surface area contributed by atoms with Crippen LogP contribution in [-0.4, -0.2) is 10.1 Å². The van der Waals surface area contributed by atoms with Crippen LogP contribution in [0.15, 0.2) is 61.2 Å². The van der Waals surface area contributed by atoms with Gasteiger partial charge in [0.1, 0.15) is 5.75 Å². The third kappa shape index (κ3) is 2.63. The number of aromatic nitrogens is 1. The first-order valence-corrected chi connectivity index (χ1v) is 6.67. The molecule has 0 atom stereocenters. The van der Waals surface area contributed by atoms with Crippen molar-refractivity contribution in [2.24, 2.45) is 0 Å². The average Bonchev–Trinajstić information content (AvgIpc) is 2.49. The lowest BCUT2D eigenvalue weighted by Crippen LogP contribution is -1.92. The lowest BCUT2D eigenvalue weighted by molar-refractivity contribution is 0.475. The summed E-state index contributed by atoms with van der Waals surface area (Å²) in [5.41, 5.74) is 2.33. The molecule has 0 radical (unpaired) electrons. The predicted molar refractivity (Wildman–Crippen MR) is 82.7 cm³/mol. The summed E-state index contributed by atoms with van der Waals surface area (Å²) in [5, 5.41) is 10.6. The maximum Gasteiger partial charge on any atom is 0.221 e. The molecule has 104 valence electrons. The molecule has 1 aromatic heterocycles. The highest BCUT2D eigenvalue weighted by Gasteiger charge is 2.08. The zero-order valence-electron chi connectivity index (χ0n) is 11.4. The summed E-state index contributed by atoms with van der Waals surface area (Å²) >= 11 is 0.